The summed E-state index contributed by atoms with van der Waals surface area (Å²) < 4.78 is 11.2. The molecule has 1 aliphatic rings. The molecule has 1 saturated heterocycles. The maximum atomic E-state index is 6.20. The molecule has 0 radical (unpaired) electrons. The fourth-order valence-electron chi connectivity index (χ4n) is 2.00. The van der Waals surface area contributed by atoms with Crippen LogP contribution in [0.25, 0.3) is 0 Å². The van der Waals surface area contributed by atoms with E-state index in [0.717, 1.165) is 38.3 Å². The summed E-state index contributed by atoms with van der Waals surface area (Å²) in [7, 11) is 0. The molecule has 18 heavy (non-hydrogen) atoms. The molecule has 1 N–H and O–H groups in total. The summed E-state index contributed by atoms with van der Waals surface area (Å²) >= 11 is 6.20. The molecule has 0 amide bonds. The topological polar surface area (TPSA) is 30.5 Å². The van der Waals surface area contributed by atoms with E-state index in [0.29, 0.717) is 11.6 Å². The van der Waals surface area contributed by atoms with Crippen molar-refractivity contribution in [2.45, 2.75) is 32.4 Å². The van der Waals surface area contributed by atoms with E-state index in [-0.39, 0.29) is 6.10 Å². The van der Waals surface area contributed by atoms with Gasteiger partial charge in [-0.15, -0.1) is 0 Å². The van der Waals surface area contributed by atoms with Gasteiger partial charge >= 0.3 is 0 Å². The van der Waals surface area contributed by atoms with Crippen molar-refractivity contribution in [3.05, 3.63) is 28.8 Å². The van der Waals surface area contributed by atoms with Crippen molar-refractivity contribution in [1.29, 1.82) is 0 Å². The molecule has 1 aliphatic heterocycles. The zero-order valence-corrected chi connectivity index (χ0v) is 11.5. The zero-order valence-electron chi connectivity index (χ0n) is 10.7. The van der Waals surface area contributed by atoms with E-state index in [1.165, 1.54) is 5.56 Å². The van der Waals surface area contributed by atoms with Crippen molar-refractivity contribution < 1.29 is 9.47 Å². The first-order chi connectivity index (χ1) is 8.79. The van der Waals surface area contributed by atoms with Gasteiger partial charge in [-0.2, -0.15) is 0 Å². The van der Waals surface area contributed by atoms with Crippen LogP contribution in [0, 0.1) is 0 Å². The normalized spacial score (nSPS) is 19.1. The van der Waals surface area contributed by atoms with Gasteiger partial charge in [0.05, 0.1) is 11.1 Å². The number of hydrogen-bond acceptors (Lipinski definition) is 3. The molecule has 3 nitrogen and oxygen atoms in total. The Labute approximate surface area is 113 Å². The average molecular weight is 270 g/mol. The highest BCUT2D eigenvalue weighted by molar-refractivity contribution is 6.32. The van der Waals surface area contributed by atoms with Gasteiger partial charge in [0.25, 0.3) is 0 Å². The van der Waals surface area contributed by atoms with E-state index in [1.807, 2.05) is 18.2 Å². The quantitative estimate of drug-likeness (QED) is 0.861. The Morgan fingerprint density at radius 1 is 1.50 bits per heavy atom. The maximum absolute atomic E-state index is 6.20. The molecule has 0 bridgehead atoms. The van der Waals surface area contributed by atoms with E-state index in [4.69, 9.17) is 21.1 Å². The van der Waals surface area contributed by atoms with Gasteiger partial charge in [0.15, 0.2) is 0 Å². The van der Waals surface area contributed by atoms with Gasteiger partial charge in [0.2, 0.25) is 0 Å². The smallest absolute Gasteiger partial charge is 0.138 e. The van der Waals surface area contributed by atoms with Gasteiger partial charge < -0.3 is 14.8 Å². The van der Waals surface area contributed by atoms with Crippen LogP contribution >= 0.6 is 11.6 Å². The van der Waals surface area contributed by atoms with E-state index >= 15 is 0 Å². The standard InChI is InChI=1S/C14H20ClNO2/c1-2-16-9-11-5-6-14(13(15)8-11)18-10-12-4-3-7-17-12/h5-6,8,12,16H,2-4,7,9-10H2,1H3. The van der Waals surface area contributed by atoms with Crippen LogP contribution in [-0.4, -0.2) is 25.9 Å². The van der Waals surface area contributed by atoms with Crippen molar-refractivity contribution in [3.63, 3.8) is 0 Å². The first kappa shape index (κ1) is 13.7. The van der Waals surface area contributed by atoms with Crippen molar-refractivity contribution in [1.82, 2.24) is 5.32 Å². The lowest BCUT2D eigenvalue weighted by molar-refractivity contribution is 0.0680. The summed E-state index contributed by atoms with van der Waals surface area (Å²) in [4.78, 5) is 0. The Kier molecular flexibility index (Phi) is 5.29. The third kappa shape index (κ3) is 3.87. The Balaban J connectivity index is 1.87. The van der Waals surface area contributed by atoms with Gasteiger partial charge in [-0.25, -0.2) is 0 Å². The highest BCUT2D eigenvalue weighted by atomic mass is 35.5. The Morgan fingerprint density at radius 2 is 2.39 bits per heavy atom. The summed E-state index contributed by atoms with van der Waals surface area (Å²) in [5.74, 6) is 0.743. The minimum absolute atomic E-state index is 0.225. The maximum Gasteiger partial charge on any atom is 0.138 e. The second-order valence-electron chi connectivity index (χ2n) is 4.49. The Morgan fingerprint density at radius 3 is 3.06 bits per heavy atom. The molecule has 0 aromatic heterocycles. The molecule has 1 aromatic rings. The number of nitrogens with one attached hydrogen (secondary N) is 1. The van der Waals surface area contributed by atoms with Gasteiger partial charge in [0.1, 0.15) is 12.4 Å². The minimum Gasteiger partial charge on any atom is -0.489 e. The Bertz CT molecular complexity index is 378. The summed E-state index contributed by atoms with van der Waals surface area (Å²) in [5.41, 5.74) is 1.17. The van der Waals surface area contributed by atoms with Crippen LogP contribution < -0.4 is 10.1 Å². The van der Waals surface area contributed by atoms with Gasteiger partial charge in [-0.05, 0) is 37.1 Å². The molecule has 100 valence electrons. The van der Waals surface area contributed by atoms with Crippen LogP contribution in [-0.2, 0) is 11.3 Å². The van der Waals surface area contributed by atoms with Gasteiger partial charge in [0, 0.05) is 13.2 Å². The number of benzene rings is 1. The highest BCUT2D eigenvalue weighted by Crippen LogP contribution is 2.26. The number of hydrogen-bond donors (Lipinski definition) is 1. The summed E-state index contributed by atoms with van der Waals surface area (Å²) in [6.45, 7) is 5.31. The van der Waals surface area contributed by atoms with Gasteiger partial charge in [-0.3, -0.25) is 0 Å². The molecule has 0 aliphatic carbocycles. The first-order valence-corrected chi connectivity index (χ1v) is 6.91. The monoisotopic (exact) mass is 269 g/mol. The molecule has 1 fully saturated rings. The lowest BCUT2D eigenvalue weighted by Gasteiger charge is -2.13. The molecular weight excluding hydrogens is 250 g/mol. The number of rotatable bonds is 6. The zero-order chi connectivity index (χ0) is 12.8. The first-order valence-electron chi connectivity index (χ1n) is 6.53. The third-order valence-corrected chi connectivity index (χ3v) is 3.32. The SMILES string of the molecule is CCNCc1ccc(OCC2CCCO2)c(Cl)c1. The molecule has 1 aromatic carbocycles. The van der Waals surface area contributed by atoms with Crippen molar-refractivity contribution in [2.24, 2.45) is 0 Å². The molecule has 0 spiro atoms. The fourth-order valence-corrected chi connectivity index (χ4v) is 2.26. The summed E-state index contributed by atoms with van der Waals surface area (Å²) in [5, 5.41) is 3.94. The number of halogens is 1. The molecule has 1 heterocycles. The predicted octanol–water partition coefficient (Wildman–Crippen LogP) is 3.01. The van der Waals surface area contributed by atoms with Crippen LogP contribution in [0.2, 0.25) is 5.02 Å². The Hall–Kier alpha value is -0.770. The molecule has 4 heteroatoms. The van der Waals surface area contributed by atoms with Gasteiger partial charge in [-0.1, -0.05) is 24.6 Å². The minimum atomic E-state index is 0.225. The third-order valence-electron chi connectivity index (χ3n) is 3.02. The largest absolute Gasteiger partial charge is 0.489 e. The second-order valence-corrected chi connectivity index (χ2v) is 4.90. The lowest BCUT2D eigenvalue weighted by Crippen LogP contribution is -2.16. The van der Waals surface area contributed by atoms with Crippen LogP contribution in [0.5, 0.6) is 5.75 Å². The van der Waals surface area contributed by atoms with E-state index in [1.54, 1.807) is 0 Å². The molecule has 1 unspecified atom stereocenters. The predicted molar refractivity (Wildman–Crippen MR) is 73.3 cm³/mol. The molecule has 1 atom stereocenters. The van der Waals surface area contributed by atoms with E-state index < -0.39 is 0 Å². The van der Waals surface area contributed by atoms with Crippen molar-refractivity contribution in [3.8, 4) is 5.75 Å². The van der Waals surface area contributed by atoms with Crippen LogP contribution in [0.4, 0.5) is 0 Å². The lowest BCUT2D eigenvalue weighted by atomic mass is 10.2. The fraction of sp³-hybridized carbons (Fsp3) is 0.571. The summed E-state index contributed by atoms with van der Waals surface area (Å²) in [6.07, 6.45) is 2.43. The van der Waals surface area contributed by atoms with Crippen LogP contribution in [0.15, 0.2) is 18.2 Å². The summed E-state index contributed by atoms with van der Waals surface area (Å²) in [6, 6.07) is 5.93. The average Bonchev–Trinajstić information content (AvgIpc) is 2.88. The van der Waals surface area contributed by atoms with Crippen molar-refractivity contribution >= 4 is 11.6 Å². The number of ether oxygens (including phenoxy) is 2. The molecular formula is C14H20ClNO2. The second kappa shape index (κ2) is 6.98. The van der Waals surface area contributed by atoms with E-state index in [9.17, 15) is 0 Å². The van der Waals surface area contributed by atoms with Crippen LogP contribution in [0.1, 0.15) is 25.3 Å². The highest BCUT2D eigenvalue weighted by Gasteiger charge is 2.16. The van der Waals surface area contributed by atoms with E-state index in [2.05, 4.69) is 12.2 Å². The molecule has 0 saturated carbocycles. The van der Waals surface area contributed by atoms with Crippen LogP contribution in [0.3, 0.4) is 0 Å². The molecule has 2 rings (SSSR count). The van der Waals surface area contributed by atoms with Crippen molar-refractivity contribution in [2.75, 3.05) is 19.8 Å².